The highest BCUT2D eigenvalue weighted by atomic mass is 35.5. The lowest BCUT2D eigenvalue weighted by atomic mass is 10.2. The lowest BCUT2D eigenvalue weighted by Gasteiger charge is -2.40. The van der Waals surface area contributed by atoms with Gasteiger partial charge in [0.2, 0.25) is 5.91 Å². The van der Waals surface area contributed by atoms with Crippen LogP contribution in [-0.2, 0) is 11.8 Å². The van der Waals surface area contributed by atoms with Gasteiger partial charge in [-0.2, -0.15) is 0 Å². The molecule has 0 spiro atoms. The van der Waals surface area contributed by atoms with Gasteiger partial charge in [-0.15, -0.1) is 5.10 Å². The molecule has 6 rings (SSSR count). The summed E-state index contributed by atoms with van der Waals surface area (Å²) in [6.45, 7) is 7.36. The number of nitrogens with one attached hydrogen (secondary N) is 1. The summed E-state index contributed by atoms with van der Waals surface area (Å²) in [5, 5.41) is 11.2. The number of amides is 1. The number of carbonyl (C=O) groups is 1. The molecule has 1 fully saturated rings. The lowest BCUT2D eigenvalue weighted by Crippen LogP contribution is -2.53. The van der Waals surface area contributed by atoms with Gasteiger partial charge < -0.3 is 19.9 Å². The van der Waals surface area contributed by atoms with Crippen LogP contribution < -0.4 is 15.0 Å². The van der Waals surface area contributed by atoms with Crippen LogP contribution in [0.1, 0.15) is 6.92 Å². The smallest absolute Gasteiger partial charge is 0.246 e. The first kappa shape index (κ1) is 26.4. The Morgan fingerprint density at radius 2 is 2.02 bits per heavy atom. The van der Waals surface area contributed by atoms with E-state index in [9.17, 15) is 4.79 Å². The second-order valence-corrected chi connectivity index (χ2v) is 10.1. The van der Waals surface area contributed by atoms with Crippen molar-refractivity contribution in [2.75, 3.05) is 29.9 Å². The maximum Gasteiger partial charge on any atom is 0.246 e. The number of benzene rings is 2. The topological polar surface area (TPSA) is 114 Å². The molecule has 0 unspecified atom stereocenters. The van der Waals surface area contributed by atoms with Crippen molar-refractivity contribution < 1.29 is 13.9 Å². The summed E-state index contributed by atoms with van der Waals surface area (Å²) in [6, 6.07) is 11.7. The van der Waals surface area contributed by atoms with Crippen LogP contribution in [0.25, 0.3) is 22.1 Å². The zero-order valence-electron chi connectivity index (χ0n) is 22.3. The summed E-state index contributed by atoms with van der Waals surface area (Å²) in [7, 11) is 1.78. The zero-order chi connectivity index (χ0) is 28.7. The van der Waals surface area contributed by atoms with E-state index in [1.54, 1.807) is 40.9 Å². The minimum Gasteiger partial charge on any atom is -0.453 e. The van der Waals surface area contributed by atoms with Crippen LogP contribution in [0.2, 0.25) is 5.02 Å². The molecule has 208 valence electrons. The van der Waals surface area contributed by atoms with E-state index < -0.39 is 5.82 Å². The molecule has 5 aromatic rings. The number of rotatable bonds is 6. The maximum atomic E-state index is 15.2. The number of piperazine rings is 1. The van der Waals surface area contributed by atoms with E-state index in [0.29, 0.717) is 53.4 Å². The first-order valence-corrected chi connectivity index (χ1v) is 13.2. The largest absolute Gasteiger partial charge is 0.453 e. The van der Waals surface area contributed by atoms with Crippen molar-refractivity contribution >= 4 is 56.9 Å². The summed E-state index contributed by atoms with van der Waals surface area (Å²) in [5.74, 6) is 0.631. The van der Waals surface area contributed by atoms with Gasteiger partial charge in [-0.3, -0.25) is 4.79 Å². The van der Waals surface area contributed by atoms with E-state index in [2.05, 4.69) is 37.1 Å². The number of pyridine rings is 1. The van der Waals surface area contributed by atoms with Crippen molar-refractivity contribution in [2.24, 2.45) is 7.05 Å². The Labute approximate surface area is 239 Å². The molecule has 4 heterocycles. The third kappa shape index (κ3) is 5.09. The van der Waals surface area contributed by atoms with Gasteiger partial charge in [0.05, 0.1) is 16.1 Å². The Morgan fingerprint density at radius 1 is 1.17 bits per heavy atom. The molecule has 3 aromatic heterocycles. The van der Waals surface area contributed by atoms with Gasteiger partial charge in [0.15, 0.2) is 17.4 Å². The van der Waals surface area contributed by atoms with Gasteiger partial charge in [0.25, 0.3) is 0 Å². The number of hydrogen-bond acceptors (Lipinski definition) is 9. The highest BCUT2D eigenvalue weighted by Gasteiger charge is 2.27. The molecule has 41 heavy (non-hydrogen) atoms. The van der Waals surface area contributed by atoms with E-state index in [-0.39, 0.29) is 22.7 Å². The van der Waals surface area contributed by atoms with Gasteiger partial charge >= 0.3 is 0 Å². The Balaban J connectivity index is 1.24. The molecule has 0 saturated carbocycles. The standard InChI is InChI=1S/C28H25ClFN9O2/c1-4-25(40)39-10-9-38(14-16(39)2)24-8-6-21-26(34-24)28(32-15-31-21)33-17-11-19(29)27(20(30)12-17)41-18-5-7-23-22(13-18)35-36-37(23)3/h4-8,11-13,15-16H,1,9-10,14H2,2-3H3,(H,31,32,33)/t16-/m1/s1. The van der Waals surface area contributed by atoms with E-state index in [1.165, 1.54) is 18.5 Å². The van der Waals surface area contributed by atoms with E-state index >= 15 is 4.39 Å². The number of carbonyl (C=O) groups excluding carboxylic acids is 1. The summed E-state index contributed by atoms with van der Waals surface area (Å²) in [6.07, 6.45) is 2.74. The Morgan fingerprint density at radius 3 is 2.80 bits per heavy atom. The molecule has 1 atom stereocenters. The average Bonchev–Trinajstić information content (AvgIpc) is 3.34. The van der Waals surface area contributed by atoms with Gasteiger partial charge in [0, 0.05) is 50.5 Å². The van der Waals surface area contributed by atoms with Gasteiger partial charge in [-0.1, -0.05) is 23.4 Å². The second-order valence-electron chi connectivity index (χ2n) is 9.65. The van der Waals surface area contributed by atoms with Crippen molar-refractivity contribution in [2.45, 2.75) is 13.0 Å². The van der Waals surface area contributed by atoms with Gasteiger partial charge in [-0.25, -0.2) is 24.0 Å². The van der Waals surface area contributed by atoms with E-state index in [0.717, 1.165) is 11.3 Å². The van der Waals surface area contributed by atoms with Crippen LogP contribution >= 0.6 is 11.6 Å². The Bertz CT molecular complexity index is 1790. The van der Waals surface area contributed by atoms with Gasteiger partial charge in [0.1, 0.15) is 28.9 Å². The second kappa shape index (κ2) is 10.6. The average molecular weight is 574 g/mol. The Kier molecular flexibility index (Phi) is 6.83. The molecular weight excluding hydrogens is 549 g/mol. The van der Waals surface area contributed by atoms with Crippen molar-refractivity contribution in [1.82, 2.24) is 34.8 Å². The third-order valence-electron chi connectivity index (χ3n) is 6.94. The molecule has 13 heteroatoms. The summed E-state index contributed by atoms with van der Waals surface area (Å²) < 4.78 is 22.6. The fourth-order valence-electron chi connectivity index (χ4n) is 4.88. The zero-order valence-corrected chi connectivity index (χ0v) is 23.0. The maximum absolute atomic E-state index is 15.2. The van der Waals surface area contributed by atoms with Gasteiger partial charge in [-0.05, 0) is 43.3 Å². The SMILES string of the molecule is C=CC(=O)N1CCN(c2ccc3ncnc(Nc4cc(F)c(Oc5ccc6c(c5)nnn6C)c(Cl)c4)c3n2)C[C@H]1C. The monoisotopic (exact) mass is 573 g/mol. The third-order valence-corrected chi connectivity index (χ3v) is 7.22. The van der Waals surface area contributed by atoms with Crippen molar-refractivity contribution in [3.63, 3.8) is 0 Å². The fourth-order valence-corrected chi connectivity index (χ4v) is 5.12. The van der Waals surface area contributed by atoms with Crippen LogP contribution in [0.4, 0.5) is 21.7 Å². The molecule has 1 N–H and O–H groups in total. The Hall–Kier alpha value is -4.84. The van der Waals surface area contributed by atoms with E-state index in [4.69, 9.17) is 21.3 Å². The van der Waals surface area contributed by atoms with Crippen LogP contribution in [0.15, 0.2) is 61.4 Å². The van der Waals surface area contributed by atoms with Crippen LogP contribution in [-0.4, -0.2) is 66.4 Å². The summed E-state index contributed by atoms with van der Waals surface area (Å²) in [4.78, 5) is 29.5. The van der Waals surface area contributed by atoms with Crippen molar-refractivity contribution in [1.29, 1.82) is 0 Å². The van der Waals surface area contributed by atoms with Crippen molar-refractivity contribution in [3.8, 4) is 11.5 Å². The molecule has 0 bridgehead atoms. The molecule has 2 aromatic carbocycles. The molecule has 0 radical (unpaired) electrons. The quantitative estimate of drug-likeness (QED) is 0.284. The van der Waals surface area contributed by atoms with Crippen LogP contribution in [0.3, 0.4) is 0 Å². The predicted molar refractivity (Wildman–Crippen MR) is 154 cm³/mol. The number of hydrogen-bond donors (Lipinski definition) is 1. The number of anilines is 3. The van der Waals surface area contributed by atoms with Crippen LogP contribution in [0, 0.1) is 5.82 Å². The molecule has 1 amide bonds. The lowest BCUT2D eigenvalue weighted by molar-refractivity contribution is -0.128. The number of aryl methyl sites for hydroxylation is 1. The molecule has 0 aliphatic carbocycles. The highest BCUT2D eigenvalue weighted by Crippen LogP contribution is 2.36. The highest BCUT2D eigenvalue weighted by molar-refractivity contribution is 6.32. The molecule has 1 aliphatic heterocycles. The fraction of sp³-hybridized carbons (Fsp3) is 0.214. The molecule has 1 aliphatic rings. The normalized spacial score (nSPS) is 15.4. The minimum absolute atomic E-state index is 0.00949. The number of halogens is 2. The summed E-state index contributed by atoms with van der Waals surface area (Å²) in [5.41, 5.74) is 2.92. The summed E-state index contributed by atoms with van der Waals surface area (Å²) >= 11 is 6.45. The predicted octanol–water partition coefficient (Wildman–Crippen LogP) is 4.86. The first-order valence-electron chi connectivity index (χ1n) is 12.8. The van der Waals surface area contributed by atoms with E-state index in [1.807, 2.05) is 19.1 Å². The molecule has 11 nitrogen and oxygen atoms in total. The number of fused-ring (bicyclic) bond motifs is 2. The van der Waals surface area contributed by atoms with Crippen molar-refractivity contribution in [3.05, 3.63) is 72.3 Å². The number of nitrogens with zero attached hydrogens (tertiary/aromatic N) is 8. The number of ether oxygens (including phenoxy) is 1. The number of aromatic nitrogens is 6. The molecule has 1 saturated heterocycles. The first-order chi connectivity index (χ1) is 19.8. The van der Waals surface area contributed by atoms with Crippen LogP contribution in [0.5, 0.6) is 11.5 Å². The molecular formula is C28H25ClFN9O2. The minimum atomic E-state index is -0.660.